The predicted molar refractivity (Wildman–Crippen MR) is 107 cm³/mol. The average molecular weight is 414 g/mol. The summed E-state index contributed by atoms with van der Waals surface area (Å²) in [6.07, 6.45) is 2.56. The summed E-state index contributed by atoms with van der Waals surface area (Å²) < 4.78 is 34.5. The van der Waals surface area contributed by atoms with Crippen LogP contribution in [0.5, 0.6) is 0 Å². The van der Waals surface area contributed by atoms with Crippen molar-refractivity contribution in [2.75, 3.05) is 36.5 Å². The van der Waals surface area contributed by atoms with Gasteiger partial charge in [-0.25, -0.2) is 13.8 Å². The number of nitrogens with zero attached hydrogens (tertiary/aromatic N) is 6. The third-order valence-electron chi connectivity index (χ3n) is 5.11. The number of aromatic nitrogens is 6. The quantitative estimate of drug-likeness (QED) is 0.517. The van der Waals surface area contributed by atoms with E-state index in [1.807, 2.05) is 6.92 Å². The number of hydrogen-bond acceptors (Lipinski definition) is 7. The van der Waals surface area contributed by atoms with E-state index in [2.05, 4.69) is 30.3 Å². The molecule has 1 saturated heterocycles. The molecule has 0 unspecified atom stereocenters. The van der Waals surface area contributed by atoms with Crippen LogP contribution in [0.2, 0.25) is 0 Å². The van der Waals surface area contributed by atoms with Gasteiger partial charge in [-0.1, -0.05) is 6.92 Å². The van der Waals surface area contributed by atoms with Gasteiger partial charge in [-0.3, -0.25) is 0 Å². The summed E-state index contributed by atoms with van der Waals surface area (Å²) in [5, 5.41) is 7.60. The van der Waals surface area contributed by atoms with E-state index in [9.17, 15) is 8.78 Å². The van der Waals surface area contributed by atoms with Gasteiger partial charge < -0.3 is 19.9 Å². The van der Waals surface area contributed by atoms with Gasteiger partial charge in [0.15, 0.2) is 17.3 Å². The molecule has 0 radical (unpaired) electrons. The number of imidazole rings is 1. The Hall–Kier alpha value is -3.34. The van der Waals surface area contributed by atoms with Crippen LogP contribution in [0.3, 0.4) is 0 Å². The van der Waals surface area contributed by atoms with Crippen molar-refractivity contribution in [3.05, 3.63) is 41.4 Å². The van der Waals surface area contributed by atoms with Gasteiger partial charge in [0.25, 0.3) is 0 Å². The predicted octanol–water partition coefficient (Wildman–Crippen LogP) is 2.29. The third kappa shape index (κ3) is 3.20. The first-order chi connectivity index (χ1) is 14.6. The number of aromatic amines is 1. The number of ether oxygens (including phenoxy) is 1. The van der Waals surface area contributed by atoms with Crippen molar-refractivity contribution in [2.24, 2.45) is 0 Å². The first-order valence-corrected chi connectivity index (χ1v) is 9.78. The van der Waals surface area contributed by atoms with E-state index in [1.54, 1.807) is 10.7 Å². The molecule has 0 atom stereocenters. The van der Waals surface area contributed by atoms with Gasteiger partial charge >= 0.3 is 0 Å². The highest BCUT2D eigenvalue weighted by molar-refractivity contribution is 5.75. The van der Waals surface area contributed by atoms with Crippen molar-refractivity contribution in [2.45, 2.75) is 19.9 Å². The topological polar surface area (TPSA) is 96.3 Å². The lowest BCUT2D eigenvalue weighted by Gasteiger charge is -2.27. The number of benzene rings is 1. The van der Waals surface area contributed by atoms with Crippen LogP contribution in [0, 0.1) is 11.6 Å². The second kappa shape index (κ2) is 7.48. The van der Waals surface area contributed by atoms with Crippen molar-refractivity contribution in [3.8, 4) is 0 Å². The van der Waals surface area contributed by atoms with Crippen LogP contribution in [0.25, 0.3) is 16.7 Å². The van der Waals surface area contributed by atoms with E-state index in [0.29, 0.717) is 49.5 Å². The molecule has 0 saturated carbocycles. The molecule has 0 amide bonds. The summed E-state index contributed by atoms with van der Waals surface area (Å²) in [7, 11) is 0. The molecule has 3 aromatic heterocycles. The molecule has 11 heteroatoms. The van der Waals surface area contributed by atoms with Gasteiger partial charge in [0.05, 0.1) is 31.5 Å². The molecular weight excluding hydrogens is 394 g/mol. The number of H-pyrrole nitrogens is 1. The zero-order chi connectivity index (χ0) is 20.7. The van der Waals surface area contributed by atoms with Crippen LogP contribution in [0.15, 0.2) is 18.3 Å². The van der Waals surface area contributed by atoms with Gasteiger partial charge in [0.1, 0.15) is 11.3 Å². The Morgan fingerprint density at radius 1 is 1.17 bits per heavy atom. The van der Waals surface area contributed by atoms with Gasteiger partial charge in [0.2, 0.25) is 11.9 Å². The number of anilines is 2. The van der Waals surface area contributed by atoms with E-state index in [4.69, 9.17) is 9.72 Å². The van der Waals surface area contributed by atoms with E-state index < -0.39 is 11.6 Å². The smallest absolute Gasteiger partial charge is 0.230 e. The molecule has 2 N–H and O–H groups in total. The molecule has 1 aliphatic rings. The van der Waals surface area contributed by atoms with Crippen LogP contribution in [-0.4, -0.2) is 55.9 Å². The highest BCUT2D eigenvalue weighted by atomic mass is 19.2. The zero-order valence-electron chi connectivity index (χ0n) is 16.3. The van der Waals surface area contributed by atoms with Crippen LogP contribution in [0.4, 0.5) is 20.7 Å². The fourth-order valence-electron chi connectivity index (χ4n) is 3.50. The Kier molecular flexibility index (Phi) is 4.66. The molecule has 1 aliphatic heterocycles. The maximum atomic E-state index is 14.0. The summed E-state index contributed by atoms with van der Waals surface area (Å²) in [4.78, 5) is 18.6. The second-order valence-corrected chi connectivity index (χ2v) is 7.00. The molecule has 1 aromatic carbocycles. The normalized spacial score (nSPS) is 14.7. The molecule has 0 bridgehead atoms. The minimum absolute atomic E-state index is 0.0269. The van der Waals surface area contributed by atoms with Crippen molar-refractivity contribution in [1.29, 1.82) is 0 Å². The molecule has 4 aromatic rings. The summed E-state index contributed by atoms with van der Waals surface area (Å²) in [6, 6.07) is 2.54. The second-order valence-electron chi connectivity index (χ2n) is 7.00. The standard InChI is InChI=1S/C19H20F2N8O/c1-2-11-9-23-29-17(11)26-19(28-5-7-30-8-6-28)27-18(29)22-10-14-24-13-4-3-12(20)15(21)16(13)25-14/h3-4,9H,2,5-8,10H2,1H3,(H,24,25)(H,22,26,27). The van der Waals surface area contributed by atoms with E-state index in [0.717, 1.165) is 23.7 Å². The monoisotopic (exact) mass is 414 g/mol. The first kappa shape index (κ1) is 18.7. The lowest BCUT2D eigenvalue weighted by atomic mass is 10.3. The molecule has 156 valence electrons. The van der Waals surface area contributed by atoms with Crippen molar-refractivity contribution < 1.29 is 13.5 Å². The van der Waals surface area contributed by atoms with E-state index in [-0.39, 0.29) is 12.1 Å². The molecule has 30 heavy (non-hydrogen) atoms. The molecular formula is C19H20F2N8O. The maximum absolute atomic E-state index is 14.0. The summed E-state index contributed by atoms with van der Waals surface area (Å²) >= 11 is 0. The zero-order valence-corrected chi connectivity index (χ0v) is 16.3. The third-order valence-corrected chi connectivity index (χ3v) is 5.11. The Morgan fingerprint density at radius 2 is 2.00 bits per heavy atom. The fourth-order valence-corrected chi connectivity index (χ4v) is 3.50. The SMILES string of the molecule is CCc1cnn2c(NCc3nc4c(F)c(F)ccc4[nH]3)nc(N3CCOCC3)nc12. The van der Waals surface area contributed by atoms with Gasteiger partial charge in [-0.15, -0.1) is 0 Å². The molecule has 4 heterocycles. The number of halogens is 2. The lowest BCUT2D eigenvalue weighted by Crippen LogP contribution is -2.37. The number of morpholine rings is 1. The Morgan fingerprint density at radius 3 is 2.80 bits per heavy atom. The number of aryl methyl sites for hydroxylation is 1. The molecule has 0 aliphatic carbocycles. The lowest BCUT2D eigenvalue weighted by molar-refractivity contribution is 0.122. The van der Waals surface area contributed by atoms with Crippen LogP contribution in [-0.2, 0) is 17.7 Å². The van der Waals surface area contributed by atoms with Crippen molar-refractivity contribution in [1.82, 2.24) is 29.5 Å². The van der Waals surface area contributed by atoms with Gasteiger partial charge in [0, 0.05) is 18.7 Å². The number of hydrogen-bond donors (Lipinski definition) is 2. The van der Waals surface area contributed by atoms with Crippen molar-refractivity contribution in [3.63, 3.8) is 0 Å². The highest BCUT2D eigenvalue weighted by Gasteiger charge is 2.19. The summed E-state index contributed by atoms with van der Waals surface area (Å²) in [5.41, 5.74) is 2.14. The highest BCUT2D eigenvalue weighted by Crippen LogP contribution is 2.21. The fraction of sp³-hybridized carbons (Fsp3) is 0.368. The Bertz CT molecular complexity index is 1210. The summed E-state index contributed by atoms with van der Waals surface area (Å²) in [5.74, 6) is -0.343. The van der Waals surface area contributed by atoms with Crippen LogP contribution >= 0.6 is 0 Å². The first-order valence-electron chi connectivity index (χ1n) is 9.78. The number of nitrogens with one attached hydrogen (secondary N) is 2. The van der Waals surface area contributed by atoms with Crippen molar-refractivity contribution >= 4 is 28.6 Å². The Labute approximate surface area is 170 Å². The van der Waals surface area contributed by atoms with E-state index >= 15 is 0 Å². The Balaban J connectivity index is 1.48. The molecule has 5 rings (SSSR count). The number of rotatable bonds is 5. The van der Waals surface area contributed by atoms with Crippen LogP contribution < -0.4 is 10.2 Å². The minimum atomic E-state index is -0.964. The molecule has 9 nitrogen and oxygen atoms in total. The minimum Gasteiger partial charge on any atom is -0.378 e. The summed E-state index contributed by atoms with van der Waals surface area (Å²) in [6.45, 7) is 4.93. The maximum Gasteiger partial charge on any atom is 0.230 e. The van der Waals surface area contributed by atoms with Gasteiger partial charge in [-0.2, -0.15) is 19.6 Å². The largest absolute Gasteiger partial charge is 0.378 e. The van der Waals surface area contributed by atoms with Crippen LogP contribution in [0.1, 0.15) is 18.3 Å². The molecule has 0 spiro atoms. The van der Waals surface area contributed by atoms with E-state index in [1.165, 1.54) is 6.07 Å². The average Bonchev–Trinajstić information content (AvgIpc) is 3.39. The van der Waals surface area contributed by atoms with Gasteiger partial charge in [-0.05, 0) is 18.6 Å². The molecule has 1 fully saturated rings. The number of fused-ring (bicyclic) bond motifs is 2.